The highest BCUT2D eigenvalue weighted by Gasteiger charge is 2.17. The lowest BCUT2D eigenvalue weighted by Crippen LogP contribution is -2.25. The Kier molecular flexibility index (Phi) is 3.62. The first kappa shape index (κ1) is 11.5. The van der Waals surface area contributed by atoms with Gasteiger partial charge >= 0.3 is 0 Å². The van der Waals surface area contributed by atoms with Gasteiger partial charge in [-0.05, 0) is 19.9 Å². The summed E-state index contributed by atoms with van der Waals surface area (Å²) in [6, 6.07) is 5.22. The number of para-hydroxylation sites is 1. The molecule has 0 aliphatic rings. The van der Waals surface area contributed by atoms with Gasteiger partial charge in [0.25, 0.3) is 5.69 Å². The third kappa shape index (κ3) is 2.66. The standard InChI is InChI=1S/C10H15N3O2/c1-7-4-3-5-9(10(7)13(14)15)12-8(2)6-11/h3-5,8,12H,6,11H2,1-2H3. The number of nitrogens with one attached hydrogen (secondary N) is 1. The lowest BCUT2D eigenvalue weighted by atomic mass is 10.1. The Morgan fingerprint density at radius 2 is 2.27 bits per heavy atom. The first-order valence-electron chi connectivity index (χ1n) is 4.77. The molecule has 0 saturated carbocycles. The fourth-order valence-corrected chi connectivity index (χ4v) is 1.34. The van der Waals surface area contributed by atoms with E-state index in [1.807, 2.05) is 6.92 Å². The van der Waals surface area contributed by atoms with E-state index >= 15 is 0 Å². The minimum Gasteiger partial charge on any atom is -0.376 e. The van der Waals surface area contributed by atoms with Gasteiger partial charge in [0, 0.05) is 18.2 Å². The molecule has 0 radical (unpaired) electrons. The molecule has 0 spiro atoms. The fraction of sp³-hybridized carbons (Fsp3) is 0.400. The third-order valence-electron chi connectivity index (χ3n) is 2.18. The van der Waals surface area contributed by atoms with Gasteiger partial charge in [-0.1, -0.05) is 12.1 Å². The Morgan fingerprint density at radius 1 is 1.60 bits per heavy atom. The van der Waals surface area contributed by atoms with Crippen LogP contribution in [0.15, 0.2) is 18.2 Å². The number of aryl methyl sites for hydroxylation is 1. The maximum Gasteiger partial charge on any atom is 0.295 e. The van der Waals surface area contributed by atoms with Gasteiger partial charge in [-0.2, -0.15) is 0 Å². The van der Waals surface area contributed by atoms with Crippen LogP contribution in [0.25, 0.3) is 0 Å². The number of nitrogens with zero attached hydrogens (tertiary/aromatic N) is 1. The van der Waals surface area contributed by atoms with Crippen molar-refractivity contribution >= 4 is 11.4 Å². The molecule has 1 aromatic carbocycles. The average molecular weight is 209 g/mol. The Morgan fingerprint density at radius 3 is 2.80 bits per heavy atom. The first-order valence-corrected chi connectivity index (χ1v) is 4.77. The van der Waals surface area contributed by atoms with E-state index in [0.29, 0.717) is 17.8 Å². The molecule has 5 nitrogen and oxygen atoms in total. The van der Waals surface area contributed by atoms with Gasteiger partial charge < -0.3 is 11.1 Å². The molecule has 0 bridgehead atoms. The summed E-state index contributed by atoms with van der Waals surface area (Å²) < 4.78 is 0. The summed E-state index contributed by atoms with van der Waals surface area (Å²) in [5.41, 5.74) is 6.75. The molecule has 0 amide bonds. The Hall–Kier alpha value is -1.62. The van der Waals surface area contributed by atoms with E-state index in [0.717, 1.165) is 0 Å². The highest BCUT2D eigenvalue weighted by molar-refractivity contribution is 5.65. The second-order valence-corrected chi connectivity index (χ2v) is 3.51. The van der Waals surface area contributed by atoms with E-state index in [4.69, 9.17) is 5.73 Å². The topological polar surface area (TPSA) is 81.2 Å². The Balaban J connectivity index is 3.06. The van der Waals surface area contributed by atoms with Crippen LogP contribution in [0.2, 0.25) is 0 Å². The van der Waals surface area contributed by atoms with E-state index in [1.165, 1.54) is 0 Å². The van der Waals surface area contributed by atoms with Crippen molar-refractivity contribution < 1.29 is 4.92 Å². The molecule has 0 aliphatic carbocycles. The molecule has 3 N–H and O–H groups in total. The Labute approximate surface area is 88.4 Å². The number of nitro benzene ring substituents is 1. The van der Waals surface area contributed by atoms with E-state index in [9.17, 15) is 10.1 Å². The van der Waals surface area contributed by atoms with Crippen molar-refractivity contribution in [3.8, 4) is 0 Å². The van der Waals surface area contributed by atoms with Gasteiger partial charge in [0.15, 0.2) is 0 Å². The van der Waals surface area contributed by atoms with Crippen LogP contribution in [0, 0.1) is 17.0 Å². The summed E-state index contributed by atoms with van der Waals surface area (Å²) in [5.74, 6) is 0. The maximum atomic E-state index is 10.8. The van der Waals surface area contributed by atoms with Crippen LogP contribution in [-0.4, -0.2) is 17.5 Å². The van der Waals surface area contributed by atoms with Crippen molar-refractivity contribution in [2.75, 3.05) is 11.9 Å². The third-order valence-corrected chi connectivity index (χ3v) is 2.18. The van der Waals surface area contributed by atoms with Crippen molar-refractivity contribution in [2.45, 2.75) is 19.9 Å². The molecule has 1 atom stereocenters. The molecule has 1 rings (SSSR count). The molecule has 1 unspecified atom stereocenters. The summed E-state index contributed by atoms with van der Waals surface area (Å²) in [7, 11) is 0. The predicted molar refractivity (Wildman–Crippen MR) is 60.0 cm³/mol. The normalized spacial score (nSPS) is 12.2. The largest absolute Gasteiger partial charge is 0.376 e. The molecule has 0 aromatic heterocycles. The van der Waals surface area contributed by atoms with Gasteiger partial charge in [0.05, 0.1) is 4.92 Å². The van der Waals surface area contributed by atoms with Crippen molar-refractivity contribution in [1.29, 1.82) is 0 Å². The summed E-state index contributed by atoms with van der Waals surface area (Å²) in [4.78, 5) is 10.5. The molecule has 0 heterocycles. The van der Waals surface area contributed by atoms with Crippen molar-refractivity contribution in [3.63, 3.8) is 0 Å². The van der Waals surface area contributed by atoms with Crippen LogP contribution in [0.4, 0.5) is 11.4 Å². The highest BCUT2D eigenvalue weighted by atomic mass is 16.6. The Bertz CT molecular complexity index is 366. The SMILES string of the molecule is Cc1cccc(NC(C)CN)c1[N+](=O)[O-]. The molecular formula is C10H15N3O2. The van der Waals surface area contributed by atoms with E-state index in [-0.39, 0.29) is 16.7 Å². The zero-order valence-corrected chi connectivity index (χ0v) is 8.86. The maximum absolute atomic E-state index is 10.8. The molecule has 0 fully saturated rings. The summed E-state index contributed by atoms with van der Waals surface area (Å²) in [6.45, 7) is 4.04. The van der Waals surface area contributed by atoms with Crippen LogP contribution in [0.5, 0.6) is 0 Å². The van der Waals surface area contributed by atoms with Crippen LogP contribution < -0.4 is 11.1 Å². The van der Waals surface area contributed by atoms with Crippen LogP contribution in [-0.2, 0) is 0 Å². The second kappa shape index (κ2) is 4.75. The number of rotatable bonds is 4. The lowest BCUT2D eigenvalue weighted by molar-refractivity contribution is -0.384. The highest BCUT2D eigenvalue weighted by Crippen LogP contribution is 2.28. The van der Waals surface area contributed by atoms with E-state index in [2.05, 4.69) is 5.32 Å². The average Bonchev–Trinajstić information content (AvgIpc) is 2.17. The van der Waals surface area contributed by atoms with Crippen LogP contribution in [0.3, 0.4) is 0 Å². The van der Waals surface area contributed by atoms with Gasteiger partial charge in [-0.25, -0.2) is 0 Å². The molecule has 82 valence electrons. The minimum atomic E-state index is -0.374. The van der Waals surface area contributed by atoms with Crippen molar-refractivity contribution in [1.82, 2.24) is 0 Å². The molecular weight excluding hydrogens is 194 g/mol. The van der Waals surface area contributed by atoms with E-state index in [1.54, 1.807) is 25.1 Å². The summed E-state index contributed by atoms with van der Waals surface area (Å²) >= 11 is 0. The van der Waals surface area contributed by atoms with E-state index < -0.39 is 0 Å². The van der Waals surface area contributed by atoms with Gasteiger partial charge in [-0.3, -0.25) is 10.1 Å². The zero-order chi connectivity index (χ0) is 11.4. The number of nitrogens with two attached hydrogens (primary N) is 1. The summed E-state index contributed by atoms with van der Waals surface area (Å²) in [5, 5.41) is 13.9. The molecule has 1 aromatic rings. The molecule has 0 saturated heterocycles. The lowest BCUT2D eigenvalue weighted by Gasteiger charge is -2.13. The van der Waals surface area contributed by atoms with Gasteiger partial charge in [0.1, 0.15) is 5.69 Å². The first-order chi connectivity index (χ1) is 7.06. The number of hydrogen-bond donors (Lipinski definition) is 2. The van der Waals surface area contributed by atoms with Crippen LogP contribution in [0.1, 0.15) is 12.5 Å². The van der Waals surface area contributed by atoms with Crippen molar-refractivity contribution in [3.05, 3.63) is 33.9 Å². The minimum absolute atomic E-state index is 0.0190. The summed E-state index contributed by atoms with van der Waals surface area (Å²) in [6.07, 6.45) is 0. The number of benzene rings is 1. The quantitative estimate of drug-likeness (QED) is 0.583. The fourth-order valence-electron chi connectivity index (χ4n) is 1.34. The molecule has 15 heavy (non-hydrogen) atoms. The number of hydrogen-bond acceptors (Lipinski definition) is 4. The smallest absolute Gasteiger partial charge is 0.295 e. The van der Waals surface area contributed by atoms with Crippen molar-refractivity contribution in [2.24, 2.45) is 5.73 Å². The monoisotopic (exact) mass is 209 g/mol. The molecule has 0 aliphatic heterocycles. The van der Waals surface area contributed by atoms with Crippen LogP contribution >= 0.6 is 0 Å². The predicted octanol–water partition coefficient (Wildman–Crippen LogP) is 1.66. The zero-order valence-electron chi connectivity index (χ0n) is 8.86. The molecule has 5 heteroatoms. The van der Waals surface area contributed by atoms with Gasteiger partial charge in [-0.15, -0.1) is 0 Å². The second-order valence-electron chi connectivity index (χ2n) is 3.51. The van der Waals surface area contributed by atoms with Gasteiger partial charge in [0.2, 0.25) is 0 Å². The number of nitro groups is 1. The number of anilines is 1.